The molecule has 1 saturated carbocycles. The van der Waals surface area contributed by atoms with Crippen LogP contribution in [-0.4, -0.2) is 92.6 Å². The van der Waals surface area contributed by atoms with Crippen LogP contribution in [0, 0.1) is 17.8 Å². The van der Waals surface area contributed by atoms with Crippen molar-refractivity contribution in [2.45, 2.75) is 56.6 Å². The standard InChI is InChI=1S/C22H30O11/c1-10-14(8-12(6-7-23)16(10)20(28)29)32-22-19(27)18(26)17(25)15(33-22)9-31-21(30)11-2-4-13(24)5-3-11/h2-5,10,12,14-19,22-27H,6-9H2,1H3,(H,28,29)/t10-,12+,14+,15-,16-,17-,18+,19-,22-/m1/s1. The number of phenols is 1. The first-order valence-corrected chi connectivity index (χ1v) is 10.8. The summed E-state index contributed by atoms with van der Waals surface area (Å²) in [6, 6.07) is 5.32. The number of aliphatic hydroxyl groups excluding tert-OH is 4. The lowest BCUT2D eigenvalue weighted by Gasteiger charge is -2.41. The number of carbonyl (C=O) groups excluding carboxylic acids is 1. The molecule has 11 nitrogen and oxygen atoms in total. The highest BCUT2D eigenvalue weighted by Crippen LogP contribution is 2.42. The maximum Gasteiger partial charge on any atom is 0.338 e. The lowest BCUT2D eigenvalue weighted by molar-refractivity contribution is -0.313. The second-order valence-corrected chi connectivity index (χ2v) is 8.57. The summed E-state index contributed by atoms with van der Waals surface area (Å²) in [6.45, 7) is 1.07. The van der Waals surface area contributed by atoms with Gasteiger partial charge in [0.05, 0.1) is 17.6 Å². The molecule has 0 radical (unpaired) electrons. The molecule has 6 N–H and O–H groups in total. The third kappa shape index (κ3) is 5.62. The van der Waals surface area contributed by atoms with E-state index in [0.29, 0.717) is 6.42 Å². The molecule has 184 valence electrons. The number of ether oxygens (including phenoxy) is 3. The summed E-state index contributed by atoms with van der Waals surface area (Å²) in [6.07, 6.45) is -7.48. The van der Waals surface area contributed by atoms with E-state index in [1.165, 1.54) is 24.3 Å². The van der Waals surface area contributed by atoms with Gasteiger partial charge in [-0.15, -0.1) is 0 Å². The summed E-state index contributed by atoms with van der Waals surface area (Å²) in [7, 11) is 0. The fourth-order valence-electron chi connectivity index (χ4n) is 4.57. The highest BCUT2D eigenvalue weighted by Gasteiger charge is 2.50. The van der Waals surface area contributed by atoms with E-state index in [-0.39, 0.29) is 30.3 Å². The summed E-state index contributed by atoms with van der Waals surface area (Å²) in [5.74, 6) is -3.31. The zero-order chi connectivity index (χ0) is 24.3. The van der Waals surface area contributed by atoms with Crippen molar-refractivity contribution in [3.63, 3.8) is 0 Å². The van der Waals surface area contributed by atoms with Gasteiger partial charge in [0.15, 0.2) is 6.29 Å². The molecule has 0 bridgehead atoms. The van der Waals surface area contributed by atoms with Crippen LogP contribution in [0.25, 0.3) is 0 Å². The van der Waals surface area contributed by atoms with E-state index in [1.807, 2.05) is 0 Å². The molecule has 0 unspecified atom stereocenters. The molecule has 1 aromatic rings. The molecule has 1 aromatic carbocycles. The number of carbonyl (C=O) groups is 2. The van der Waals surface area contributed by atoms with Gasteiger partial charge in [-0.05, 0) is 48.9 Å². The highest BCUT2D eigenvalue weighted by atomic mass is 16.7. The fraction of sp³-hybridized carbons (Fsp3) is 0.636. The molecule has 1 saturated heterocycles. The van der Waals surface area contributed by atoms with Crippen LogP contribution in [0.5, 0.6) is 5.75 Å². The molecule has 11 heteroatoms. The van der Waals surface area contributed by atoms with Gasteiger partial charge in [-0.2, -0.15) is 0 Å². The maximum absolute atomic E-state index is 12.2. The van der Waals surface area contributed by atoms with Gasteiger partial charge in [0, 0.05) is 6.61 Å². The van der Waals surface area contributed by atoms with E-state index in [2.05, 4.69) is 0 Å². The Morgan fingerprint density at radius 2 is 1.76 bits per heavy atom. The van der Waals surface area contributed by atoms with E-state index in [9.17, 15) is 40.2 Å². The lowest BCUT2D eigenvalue weighted by Crippen LogP contribution is -2.60. The number of carboxylic acids is 1. The van der Waals surface area contributed by atoms with Crippen molar-refractivity contribution in [3.05, 3.63) is 29.8 Å². The van der Waals surface area contributed by atoms with Crippen LogP contribution < -0.4 is 0 Å². The molecule has 9 atom stereocenters. The molecule has 0 aromatic heterocycles. The first-order valence-electron chi connectivity index (χ1n) is 10.8. The zero-order valence-electron chi connectivity index (χ0n) is 18.1. The first-order chi connectivity index (χ1) is 15.6. The van der Waals surface area contributed by atoms with Crippen molar-refractivity contribution in [1.29, 1.82) is 0 Å². The number of aromatic hydroxyl groups is 1. The largest absolute Gasteiger partial charge is 0.508 e. The molecule has 1 heterocycles. The third-order valence-electron chi connectivity index (χ3n) is 6.44. The Morgan fingerprint density at radius 1 is 1.09 bits per heavy atom. The number of benzene rings is 1. The minimum absolute atomic E-state index is 0.0257. The summed E-state index contributed by atoms with van der Waals surface area (Å²) in [4.78, 5) is 23.9. The third-order valence-corrected chi connectivity index (χ3v) is 6.44. The summed E-state index contributed by atoms with van der Waals surface area (Å²) < 4.78 is 16.6. The van der Waals surface area contributed by atoms with Gasteiger partial charge in [-0.1, -0.05) is 6.92 Å². The van der Waals surface area contributed by atoms with Crippen molar-refractivity contribution in [2.24, 2.45) is 17.8 Å². The van der Waals surface area contributed by atoms with E-state index in [1.54, 1.807) is 6.92 Å². The summed E-state index contributed by atoms with van der Waals surface area (Å²) >= 11 is 0. The van der Waals surface area contributed by atoms with Gasteiger partial charge >= 0.3 is 11.9 Å². The second-order valence-electron chi connectivity index (χ2n) is 8.57. The molecule has 1 aliphatic carbocycles. The second kappa shape index (κ2) is 10.8. The number of aliphatic carboxylic acids is 1. The van der Waals surface area contributed by atoms with Gasteiger partial charge in [0.25, 0.3) is 0 Å². The Balaban J connectivity index is 1.64. The monoisotopic (exact) mass is 470 g/mol. The minimum atomic E-state index is -1.65. The Hall–Kier alpha value is -2.28. The van der Waals surface area contributed by atoms with Crippen LogP contribution in [0.4, 0.5) is 0 Å². The van der Waals surface area contributed by atoms with Crippen molar-refractivity contribution in [3.8, 4) is 5.75 Å². The Bertz CT molecular complexity index is 813. The average Bonchev–Trinajstić information content (AvgIpc) is 3.08. The Kier molecular flexibility index (Phi) is 8.27. The average molecular weight is 470 g/mol. The molecule has 3 rings (SSSR count). The summed E-state index contributed by atoms with van der Waals surface area (Å²) in [5.41, 5.74) is 0.154. The van der Waals surface area contributed by atoms with Crippen LogP contribution in [0.2, 0.25) is 0 Å². The van der Waals surface area contributed by atoms with Crippen molar-refractivity contribution >= 4 is 11.9 Å². The topological polar surface area (TPSA) is 183 Å². The minimum Gasteiger partial charge on any atom is -0.508 e. The van der Waals surface area contributed by atoms with Crippen LogP contribution in [0.1, 0.15) is 30.1 Å². The number of aliphatic hydroxyl groups is 4. The van der Waals surface area contributed by atoms with Gasteiger partial charge in [0.2, 0.25) is 0 Å². The zero-order valence-corrected chi connectivity index (χ0v) is 18.1. The molecule has 1 aliphatic heterocycles. The Morgan fingerprint density at radius 3 is 2.36 bits per heavy atom. The highest BCUT2D eigenvalue weighted by molar-refractivity contribution is 5.89. The smallest absolute Gasteiger partial charge is 0.338 e. The molecule has 2 fully saturated rings. The number of phenolic OH excluding ortho intramolecular Hbond substituents is 1. The van der Waals surface area contributed by atoms with Crippen LogP contribution in [0.15, 0.2) is 24.3 Å². The maximum atomic E-state index is 12.2. The number of hydrogen-bond acceptors (Lipinski definition) is 10. The predicted octanol–water partition coefficient (Wildman–Crippen LogP) is -0.519. The van der Waals surface area contributed by atoms with Crippen LogP contribution in [-0.2, 0) is 19.0 Å². The number of esters is 1. The fourth-order valence-corrected chi connectivity index (χ4v) is 4.57. The number of hydrogen-bond donors (Lipinski definition) is 6. The van der Waals surface area contributed by atoms with E-state index in [4.69, 9.17) is 14.2 Å². The Labute approximate surface area is 190 Å². The first kappa shape index (κ1) is 25.3. The van der Waals surface area contributed by atoms with E-state index >= 15 is 0 Å². The van der Waals surface area contributed by atoms with Gasteiger partial charge in [0.1, 0.15) is 36.8 Å². The lowest BCUT2D eigenvalue weighted by atomic mass is 9.88. The predicted molar refractivity (Wildman–Crippen MR) is 110 cm³/mol. The van der Waals surface area contributed by atoms with Gasteiger partial charge < -0.3 is 44.8 Å². The normalized spacial score (nSPS) is 36.5. The van der Waals surface area contributed by atoms with E-state index < -0.39 is 67.2 Å². The van der Waals surface area contributed by atoms with Crippen LogP contribution in [0.3, 0.4) is 0 Å². The van der Waals surface area contributed by atoms with Crippen molar-refractivity contribution < 1.29 is 54.4 Å². The van der Waals surface area contributed by atoms with Gasteiger partial charge in [-0.25, -0.2) is 4.79 Å². The molecular weight excluding hydrogens is 440 g/mol. The molecular formula is C22H30O11. The van der Waals surface area contributed by atoms with Crippen molar-refractivity contribution in [1.82, 2.24) is 0 Å². The molecule has 33 heavy (non-hydrogen) atoms. The number of rotatable bonds is 8. The van der Waals surface area contributed by atoms with Gasteiger partial charge in [-0.3, -0.25) is 4.79 Å². The molecule has 2 aliphatic rings. The van der Waals surface area contributed by atoms with E-state index in [0.717, 1.165) is 0 Å². The summed E-state index contributed by atoms with van der Waals surface area (Å²) in [5, 5.41) is 59.0. The molecule has 0 spiro atoms. The SMILES string of the molecule is C[C@H]1[C@@H](C(=O)O)[C@@H](CCO)C[C@@H]1O[C@@H]1O[C@H](COC(=O)c2ccc(O)cc2)[C@@H](O)[C@H](O)[C@H]1O. The van der Waals surface area contributed by atoms with Crippen LogP contribution >= 0.6 is 0 Å². The molecule has 0 amide bonds. The van der Waals surface area contributed by atoms with Crippen molar-refractivity contribution in [2.75, 3.05) is 13.2 Å². The quantitative estimate of drug-likeness (QED) is 0.269. The number of carboxylic acid groups (broad SMARTS) is 1.